The van der Waals surface area contributed by atoms with Crippen molar-refractivity contribution in [3.63, 3.8) is 0 Å². The Labute approximate surface area is 322 Å². The smallest absolute Gasteiger partial charge is 0.305 e. The number of benzene rings is 3. The van der Waals surface area contributed by atoms with Gasteiger partial charge in [-0.3, -0.25) is 14.4 Å². The molecule has 0 fully saturated rings. The lowest BCUT2D eigenvalue weighted by molar-refractivity contribution is -0.138. The molecular weight excluding hydrogens is 706 g/mol. The van der Waals surface area contributed by atoms with Crippen molar-refractivity contribution in [2.24, 2.45) is 5.73 Å². The van der Waals surface area contributed by atoms with Gasteiger partial charge < -0.3 is 50.5 Å². The van der Waals surface area contributed by atoms with E-state index in [0.717, 1.165) is 33.3 Å². The number of nitrogens with one attached hydrogen (secondary N) is 3. The lowest BCUT2D eigenvalue weighted by atomic mass is 9.94. The summed E-state index contributed by atoms with van der Waals surface area (Å²) in [5, 5.41) is 20.1. The molecule has 2 amide bonds. The van der Waals surface area contributed by atoms with Gasteiger partial charge in [0.05, 0.1) is 71.9 Å². The van der Waals surface area contributed by atoms with Crippen molar-refractivity contribution in [1.29, 1.82) is 0 Å². The maximum Gasteiger partial charge on any atom is 0.305 e. The number of nitrogens with zero attached hydrogens (tertiary/aromatic N) is 1. The Kier molecular flexibility index (Phi) is 18.8. The molecule has 0 bridgehead atoms. The molecule has 6 N–H and O–H groups in total. The molecule has 0 radical (unpaired) electrons. The van der Waals surface area contributed by atoms with Crippen LogP contribution in [0, 0.1) is 6.92 Å². The van der Waals surface area contributed by atoms with E-state index in [1.165, 1.54) is 0 Å². The summed E-state index contributed by atoms with van der Waals surface area (Å²) < 4.78 is 28.0. The van der Waals surface area contributed by atoms with Crippen molar-refractivity contribution in [1.82, 2.24) is 15.6 Å². The molecule has 4 rings (SSSR count). The highest BCUT2D eigenvalue weighted by atomic mass is 16.6. The zero-order chi connectivity index (χ0) is 39.1. The molecule has 296 valence electrons. The van der Waals surface area contributed by atoms with Crippen molar-refractivity contribution in [3.05, 3.63) is 90.1 Å². The molecule has 0 unspecified atom stereocenters. The number of hydrogen-bond acceptors (Lipinski definition) is 11. The number of anilines is 1. The van der Waals surface area contributed by atoms with E-state index in [0.29, 0.717) is 90.3 Å². The van der Waals surface area contributed by atoms with E-state index in [9.17, 15) is 19.5 Å². The third kappa shape index (κ3) is 15.6. The number of hydrogen-bond donors (Lipinski definition) is 5. The highest BCUT2D eigenvalue weighted by molar-refractivity contribution is 6.00. The van der Waals surface area contributed by atoms with Gasteiger partial charge in [-0.1, -0.05) is 48.5 Å². The van der Waals surface area contributed by atoms with Crippen molar-refractivity contribution < 1.29 is 43.2 Å². The van der Waals surface area contributed by atoms with Crippen LogP contribution in [0.4, 0.5) is 5.82 Å². The first kappa shape index (κ1) is 42.6. The number of carboxylic acids is 1. The number of aliphatic carboxylic acids is 1. The fourth-order valence-electron chi connectivity index (χ4n) is 5.68. The van der Waals surface area contributed by atoms with Crippen molar-refractivity contribution in [2.45, 2.75) is 32.2 Å². The van der Waals surface area contributed by atoms with Crippen LogP contribution in [0.2, 0.25) is 0 Å². The van der Waals surface area contributed by atoms with Crippen LogP contribution in [0.15, 0.2) is 79.0 Å². The average Bonchev–Trinajstić information content (AvgIpc) is 3.18. The second kappa shape index (κ2) is 24.3. The molecule has 0 saturated carbocycles. The summed E-state index contributed by atoms with van der Waals surface area (Å²) >= 11 is 0. The molecular formula is C41H53N5O9. The van der Waals surface area contributed by atoms with Gasteiger partial charge in [-0.2, -0.15) is 0 Å². The number of fused-ring (bicyclic) bond motifs is 1. The van der Waals surface area contributed by atoms with Gasteiger partial charge in [0.25, 0.3) is 0 Å². The summed E-state index contributed by atoms with van der Waals surface area (Å²) in [6, 6.07) is 22.2. The Morgan fingerprint density at radius 2 is 1.45 bits per heavy atom. The summed E-state index contributed by atoms with van der Waals surface area (Å²) in [7, 11) is 0. The van der Waals surface area contributed by atoms with E-state index in [1.807, 2.05) is 73.7 Å². The molecule has 55 heavy (non-hydrogen) atoms. The van der Waals surface area contributed by atoms with E-state index >= 15 is 0 Å². The average molecular weight is 760 g/mol. The van der Waals surface area contributed by atoms with Gasteiger partial charge in [-0.25, -0.2) is 4.98 Å². The van der Waals surface area contributed by atoms with Crippen molar-refractivity contribution >= 4 is 34.4 Å². The van der Waals surface area contributed by atoms with Gasteiger partial charge in [0.15, 0.2) is 0 Å². The van der Waals surface area contributed by atoms with Crippen LogP contribution in [0.25, 0.3) is 21.9 Å². The summed E-state index contributed by atoms with van der Waals surface area (Å²) in [6.45, 7) is 6.88. The molecule has 1 atom stereocenters. The molecule has 4 aromatic rings. The SMILES string of the molecule is Cc1ccnc(NCCCC(=O)NCC(=O)N[C@@H](CC(=O)O)c2cccc(-c3cccc4c(OCCOCCOCCOCCOCCN)cccc34)c2)c1. The van der Waals surface area contributed by atoms with Gasteiger partial charge in [-0.05, 0) is 65.3 Å². The minimum atomic E-state index is -1.07. The zero-order valence-electron chi connectivity index (χ0n) is 31.4. The summed E-state index contributed by atoms with van der Waals surface area (Å²) in [5.74, 6) is -0.378. The largest absolute Gasteiger partial charge is 0.491 e. The number of amides is 2. The number of pyridine rings is 1. The molecule has 0 saturated heterocycles. The standard InChI is InChI=1S/C41H53N5O9/c1-30-13-16-44-38(26-30)43-15-5-12-39(47)45-29-40(48)46-36(28-41(49)50)32-7-2-6-31(27-32)33-8-3-10-35-34(33)9-4-11-37(35)55-25-24-54-23-22-53-21-20-52-19-18-51-17-14-42/h2-4,6-11,13,16,26-27,36H,5,12,14-15,17-25,28-29,42H2,1H3,(H,43,44)(H,45,47)(H,46,48)(H,49,50)/t36-/m0/s1. The number of nitrogens with two attached hydrogens (primary N) is 1. The monoisotopic (exact) mass is 759 g/mol. The molecule has 3 aromatic carbocycles. The van der Waals surface area contributed by atoms with E-state index in [-0.39, 0.29) is 25.3 Å². The molecule has 0 spiro atoms. The fraction of sp³-hybridized carbons (Fsp3) is 0.415. The molecule has 1 aromatic heterocycles. The number of ether oxygens (including phenoxy) is 5. The van der Waals surface area contributed by atoms with Crippen molar-refractivity contribution in [3.8, 4) is 16.9 Å². The maximum absolute atomic E-state index is 12.9. The molecule has 0 aliphatic rings. The van der Waals surface area contributed by atoms with Crippen LogP contribution in [0.3, 0.4) is 0 Å². The molecule has 14 heteroatoms. The third-order valence-electron chi connectivity index (χ3n) is 8.31. The number of carbonyl (C=O) groups is 3. The Balaban J connectivity index is 1.25. The topological polar surface area (TPSA) is 193 Å². The maximum atomic E-state index is 12.9. The number of rotatable bonds is 27. The Hall–Kier alpha value is -5.12. The highest BCUT2D eigenvalue weighted by Crippen LogP contribution is 2.35. The fourth-order valence-corrected chi connectivity index (χ4v) is 5.68. The summed E-state index contributed by atoms with van der Waals surface area (Å²) in [6.07, 6.45) is 2.16. The summed E-state index contributed by atoms with van der Waals surface area (Å²) in [4.78, 5) is 41.4. The lowest BCUT2D eigenvalue weighted by Crippen LogP contribution is -2.39. The van der Waals surface area contributed by atoms with Gasteiger partial charge in [0.2, 0.25) is 11.8 Å². The third-order valence-corrected chi connectivity index (χ3v) is 8.31. The molecule has 0 aliphatic heterocycles. The first-order valence-corrected chi connectivity index (χ1v) is 18.5. The van der Waals surface area contributed by atoms with E-state index < -0.39 is 17.9 Å². The molecule has 14 nitrogen and oxygen atoms in total. The van der Waals surface area contributed by atoms with Gasteiger partial charge in [0, 0.05) is 31.1 Å². The van der Waals surface area contributed by atoms with Crippen LogP contribution in [0.1, 0.15) is 36.4 Å². The van der Waals surface area contributed by atoms with Crippen LogP contribution in [0.5, 0.6) is 5.75 Å². The number of carbonyl (C=O) groups excluding carboxylic acids is 2. The highest BCUT2D eigenvalue weighted by Gasteiger charge is 2.20. The Morgan fingerprint density at radius 1 is 0.782 bits per heavy atom. The zero-order valence-corrected chi connectivity index (χ0v) is 31.4. The molecule has 0 aliphatic carbocycles. The predicted octanol–water partition coefficient (Wildman–Crippen LogP) is 4.25. The normalized spacial score (nSPS) is 11.6. The van der Waals surface area contributed by atoms with Crippen LogP contribution < -0.4 is 26.4 Å². The second-order valence-corrected chi connectivity index (χ2v) is 12.6. The Morgan fingerprint density at radius 3 is 2.16 bits per heavy atom. The van der Waals surface area contributed by atoms with Crippen LogP contribution in [-0.4, -0.2) is 107 Å². The van der Waals surface area contributed by atoms with Crippen LogP contribution >= 0.6 is 0 Å². The van der Waals surface area contributed by atoms with E-state index in [2.05, 4.69) is 20.9 Å². The Bertz CT molecular complexity index is 1790. The minimum Gasteiger partial charge on any atom is -0.491 e. The number of carboxylic acid groups (broad SMARTS) is 1. The second-order valence-electron chi connectivity index (χ2n) is 12.6. The molecule has 1 heterocycles. The van der Waals surface area contributed by atoms with E-state index in [4.69, 9.17) is 29.4 Å². The van der Waals surface area contributed by atoms with Crippen molar-refractivity contribution in [2.75, 3.05) is 84.4 Å². The first-order valence-electron chi connectivity index (χ1n) is 18.5. The van der Waals surface area contributed by atoms with E-state index in [1.54, 1.807) is 12.3 Å². The number of aromatic nitrogens is 1. The number of aryl methyl sites for hydroxylation is 1. The minimum absolute atomic E-state index is 0.221. The first-order chi connectivity index (χ1) is 26.8. The predicted molar refractivity (Wildman–Crippen MR) is 210 cm³/mol. The summed E-state index contributed by atoms with van der Waals surface area (Å²) in [5.41, 5.74) is 8.85. The van der Waals surface area contributed by atoms with Crippen LogP contribution in [-0.2, 0) is 33.3 Å². The lowest BCUT2D eigenvalue weighted by Gasteiger charge is -2.19. The van der Waals surface area contributed by atoms with Gasteiger partial charge in [-0.15, -0.1) is 0 Å². The van der Waals surface area contributed by atoms with Gasteiger partial charge in [0.1, 0.15) is 18.2 Å². The van der Waals surface area contributed by atoms with Gasteiger partial charge >= 0.3 is 5.97 Å². The quantitative estimate of drug-likeness (QED) is 0.0544.